The molecule has 8 heterocycles. The fourth-order valence-electron chi connectivity index (χ4n) is 16.8. The molecule has 4 unspecified atom stereocenters. The molecule has 2 saturated carbocycles. The Kier molecular flexibility index (Phi) is 20.5. The quantitative estimate of drug-likeness (QED) is 0.233. The third-order valence-corrected chi connectivity index (χ3v) is 21.3. The first-order valence-corrected chi connectivity index (χ1v) is 33.6. The van der Waals surface area contributed by atoms with Crippen LogP contribution in [0.4, 0.5) is 0 Å². The maximum atomic E-state index is 5.53. The van der Waals surface area contributed by atoms with E-state index in [1.165, 1.54) is 123 Å². The Hall–Kier alpha value is -0.440. The van der Waals surface area contributed by atoms with Crippen molar-refractivity contribution in [2.45, 2.75) is 355 Å². The highest BCUT2D eigenvalue weighted by Crippen LogP contribution is 2.49. The molecule has 10 rings (SSSR count). The van der Waals surface area contributed by atoms with E-state index in [4.69, 9.17) is 4.74 Å². The fourth-order valence-corrected chi connectivity index (χ4v) is 16.8. The Morgan fingerprint density at radius 3 is 0.827 bits per heavy atom. The lowest BCUT2D eigenvalue weighted by Crippen LogP contribution is -2.76. The Labute approximate surface area is 505 Å². The standard InChI is InChI=1S/C15H30N2.C14H28N2O.2C14H28N2.C13H26N2/c1-13(2,3)16-10-11-17(14(4,5)6)15(12-16)8-7-9-15;1-12(2,3)15-7-8-16(13(4,5)6)14(9-15)10-17-11-14;1-13(2,3)15-9-11-7-8-12(10-15)16(11)14(4,5)6;1-12(2,3)15-9-10-16(13(4,5)6)14(11-15)7-8-14;1-12(2,3)14-8-11-7-10(14)9-15(11)13(4,5)6/h7-12H2,1-6H3;7-11H2,1-6H3;11-12H,7-10H2,1-6H3;7-11H2,1-6H3;10-11H,7-9H2,1-6H3. The number of ether oxygens (including phenoxy) is 1. The first-order valence-electron chi connectivity index (χ1n) is 33.6. The molecule has 476 valence electrons. The van der Waals surface area contributed by atoms with Gasteiger partial charge in [0.1, 0.15) is 0 Å². The summed E-state index contributed by atoms with van der Waals surface area (Å²) < 4.78 is 5.53. The van der Waals surface area contributed by atoms with Crippen LogP contribution in [0, 0.1) is 0 Å². The van der Waals surface area contributed by atoms with Crippen LogP contribution in [0.1, 0.15) is 259 Å². The molecule has 0 amide bonds. The Balaban J connectivity index is 0.000000163. The van der Waals surface area contributed by atoms with Crippen molar-refractivity contribution in [2.75, 3.05) is 98.3 Å². The Morgan fingerprint density at radius 2 is 0.605 bits per heavy atom. The summed E-state index contributed by atoms with van der Waals surface area (Å²) in [6, 6.07) is 3.18. The molecule has 0 N–H and O–H groups in total. The van der Waals surface area contributed by atoms with Gasteiger partial charge in [-0.25, -0.2) is 0 Å². The van der Waals surface area contributed by atoms with Crippen LogP contribution in [0.3, 0.4) is 0 Å². The lowest BCUT2D eigenvalue weighted by molar-refractivity contribution is -0.202. The number of piperazine rings is 5. The molecule has 4 bridgehead atoms. The van der Waals surface area contributed by atoms with Gasteiger partial charge in [0.2, 0.25) is 0 Å². The minimum Gasteiger partial charge on any atom is -0.377 e. The number of likely N-dealkylation sites (tertiary alicyclic amines) is 3. The summed E-state index contributed by atoms with van der Waals surface area (Å²) in [6.07, 6.45) is 11.2. The average molecular weight is 1140 g/mol. The number of hydrogen-bond donors (Lipinski definition) is 0. The van der Waals surface area contributed by atoms with Crippen molar-refractivity contribution in [3.05, 3.63) is 0 Å². The van der Waals surface area contributed by atoms with Gasteiger partial charge in [-0.1, -0.05) is 0 Å². The van der Waals surface area contributed by atoms with Gasteiger partial charge >= 0.3 is 0 Å². The molecule has 11 nitrogen and oxygen atoms in total. The van der Waals surface area contributed by atoms with E-state index in [1.807, 2.05) is 0 Å². The SMILES string of the molecule is CC(C)(C)N1CC2CC1CN2C(C)(C)C.CC(C)(C)N1CC2CCC(C1)N2C(C)(C)C.CC(C)(C)N1CCN(C(C)(C)C)C2(CC2)C1.CC(C)(C)N1CCN(C(C)(C)C)C2(CCC2)C1.CC(C)(C)N1CCN(C(C)(C)C)C2(COC2)C1. The van der Waals surface area contributed by atoms with E-state index in [0.717, 1.165) is 50.5 Å². The third-order valence-electron chi connectivity index (χ3n) is 21.3. The van der Waals surface area contributed by atoms with Crippen LogP contribution in [-0.4, -0.2) is 243 Å². The predicted molar refractivity (Wildman–Crippen MR) is 350 cm³/mol. The van der Waals surface area contributed by atoms with Gasteiger partial charge in [0, 0.05) is 176 Å². The van der Waals surface area contributed by atoms with Crippen molar-refractivity contribution in [2.24, 2.45) is 0 Å². The summed E-state index contributed by atoms with van der Waals surface area (Å²) in [5.41, 5.74) is 4.49. The summed E-state index contributed by atoms with van der Waals surface area (Å²) in [7, 11) is 0. The fraction of sp³-hybridized carbons (Fsp3) is 1.00. The smallest absolute Gasteiger partial charge is 0.0811 e. The van der Waals surface area contributed by atoms with Crippen molar-refractivity contribution in [1.29, 1.82) is 0 Å². The van der Waals surface area contributed by atoms with Crippen molar-refractivity contribution < 1.29 is 4.74 Å². The Bertz CT molecular complexity index is 1880. The minimum absolute atomic E-state index is 0.244. The van der Waals surface area contributed by atoms with Crippen LogP contribution in [0.15, 0.2) is 0 Å². The van der Waals surface area contributed by atoms with E-state index in [2.05, 4.69) is 257 Å². The second-order valence-electron chi connectivity index (χ2n) is 38.0. The second-order valence-corrected chi connectivity index (χ2v) is 38.0. The molecule has 0 radical (unpaired) electrons. The highest BCUT2D eigenvalue weighted by Gasteiger charge is 2.57. The highest BCUT2D eigenvalue weighted by atomic mass is 16.5. The average Bonchev–Trinajstić information content (AvgIpc) is 3.54. The van der Waals surface area contributed by atoms with E-state index < -0.39 is 0 Å². The van der Waals surface area contributed by atoms with Crippen LogP contribution in [0.25, 0.3) is 0 Å². The van der Waals surface area contributed by atoms with Gasteiger partial charge in [0.25, 0.3) is 0 Å². The van der Waals surface area contributed by atoms with E-state index in [1.54, 1.807) is 0 Å². The van der Waals surface area contributed by atoms with Crippen LogP contribution in [0.5, 0.6) is 0 Å². The van der Waals surface area contributed by atoms with Gasteiger partial charge in [-0.05, 0) is 259 Å². The first kappa shape index (κ1) is 69.7. The number of nitrogens with zero attached hydrogens (tertiary/aromatic N) is 10. The number of hydrogen-bond acceptors (Lipinski definition) is 11. The van der Waals surface area contributed by atoms with Gasteiger partial charge in [-0.15, -0.1) is 0 Å². The zero-order chi connectivity index (χ0) is 61.6. The topological polar surface area (TPSA) is 41.6 Å². The third kappa shape index (κ3) is 16.6. The molecule has 2 aliphatic carbocycles. The maximum absolute atomic E-state index is 5.53. The van der Waals surface area contributed by atoms with Crippen molar-refractivity contribution in [1.82, 2.24) is 49.0 Å². The molecule has 3 spiro atoms. The van der Waals surface area contributed by atoms with Crippen LogP contribution < -0.4 is 0 Å². The summed E-state index contributed by atoms with van der Waals surface area (Å²) in [5.74, 6) is 0. The molecule has 81 heavy (non-hydrogen) atoms. The lowest BCUT2D eigenvalue weighted by Gasteiger charge is -2.62. The summed E-state index contributed by atoms with van der Waals surface area (Å²) in [4.78, 5) is 27.0. The largest absolute Gasteiger partial charge is 0.377 e. The Morgan fingerprint density at radius 1 is 0.296 bits per heavy atom. The second kappa shape index (κ2) is 23.8. The number of fused-ring (bicyclic) bond motifs is 4. The van der Waals surface area contributed by atoms with Crippen LogP contribution >= 0.6 is 0 Å². The van der Waals surface area contributed by atoms with Crippen LogP contribution in [-0.2, 0) is 4.74 Å². The first-order chi connectivity index (χ1) is 36.3. The molecular formula is C70H140N10O. The number of rotatable bonds is 0. The zero-order valence-electron chi connectivity index (χ0n) is 60.0. The molecule has 10 fully saturated rings. The molecule has 11 heteroatoms. The van der Waals surface area contributed by atoms with Gasteiger partial charge in [0.15, 0.2) is 0 Å². The van der Waals surface area contributed by atoms with E-state index in [0.29, 0.717) is 55.4 Å². The van der Waals surface area contributed by atoms with Crippen molar-refractivity contribution in [3.63, 3.8) is 0 Å². The molecule has 0 aromatic rings. The minimum atomic E-state index is 0.244. The summed E-state index contributed by atoms with van der Waals surface area (Å²) in [6.45, 7) is 88.2. The van der Waals surface area contributed by atoms with Gasteiger partial charge < -0.3 is 4.74 Å². The van der Waals surface area contributed by atoms with E-state index >= 15 is 0 Å². The molecule has 0 aromatic heterocycles. The molecule has 0 aromatic carbocycles. The summed E-state index contributed by atoms with van der Waals surface area (Å²) in [5, 5.41) is 0. The summed E-state index contributed by atoms with van der Waals surface area (Å²) >= 11 is 0. The predicted octanol–water partition coefficient (Wildman–Crippen LogP) is 12.9. The van der Waals surface area contributed by atoms with Gasteiger partial charge in [-0.3, -0.25) is 49.0 Å². The molecule has 8 saturated heterocycles. The molecule has 10 aliphatic rings. The maximum Gasteiger partial charge on any atom is 0.0811 e. The molecule has 8 aliphatic heterocycles. The molecular weight excluding hydrogens is 997 g/mol. The normalized spacial score (nSPS) is 29.7. The van der Waals surface area contributed by atoms with E-state index in [-0.39, 0.29) is 16.6 Å². The van der Waals surface area contributed by atoms with Crippen LogP contribution in [0.2, 0.25) is 0 Å². The molecule has 4 atom stereocenters. The van der Waals surface area contributed by atoms with Crippen molar-refractivity contribution >= 4 is 0 Å². The van der Waals surface area contributed by atoms with Gasteiger partial charge in [-0.2, -0.15) is 0 Å². The van der Waals surface area contributed by atoms with E-state index in [9.17, 15) is 0 Å². The zero-order valence-corrected chi connectivity index (χ0v) is 60.0. The van der Waals surface area contributed by atoms with Crippen molar-refractivity contribution in [3.8, 4) is 0 Å². The lowest BCUT2D eigenvalue weighted by atomic mass is 9.71. The monoisotopic (exact) mass is 1140 g/mol. The van der Waals surface area contributed by atoms with Gasteiger partial charge in [0.05, 0.1) is 18.8 Å². The highest BCUT2D eigenvalue weighted by molar-refractivity contribution is 5.13.